The number of likely N-dealkylation sites (tertiary alicyclic amines) is 1. The topological polar surface area (TPSA) is 95.4 Å². The van der Waals surface area contributed by atoms with E-state index in [1.165, 1.54) is 6.26 Å². The number of carbonyl (C=O) groups is 3. The number of aryl methyl sites for hydroxylation is 1. The number of furan rings is 1. The molecule has 0 aromatic carbocycles. The molecule has 0 bridgehead atoms. The Labute approximate surface area is 157 Å². The van der Waals surface area contributed by atoms with E-state index in [1.807, 2.05) is 6.92 Å². The molecule has 2 aromatic heterocycles. The molecule has 1 saturated heterocycles. The first-order valence-corrected chi connectivity index (χ1v) is 9.43. The Morgan fingerprint density at radius 3 is 2.70 bits per heavy atom. The average Bonchev–Trinajstić information content (AvgIpc) is 3.31. The van der Waals surface area contributed by atoms with Crippen LogP contribution in [0.2, 0.25) is 0 Å². The van der Waals surface area contributed by atoms with E-state index in [-0.39, 0.29) is 23.6 Å². The quantitative estimate of drug-likeness (QED) is 0.869. The number of H-pyrrole nitrogens is 1. The molecular formula is C20H23N3O4. The van der Waals surface area contributed by atoms with E-state index in [0.717, 1.165) is 24.1 Å². The van der Waals surface area contributed by atoms with Crippen molar-refractivity contribution >= 4 is 17.6 Å². The second-order valence-electron chi connectivity index (χ2n) is 7.27. The van der Waals surface area contributed by atoms with Crippen LogP contribution in [0.3, 0.4) is 0 Å². The van der Waals surface area contributed by atoms with Crippen LogP contribution < -0.4 is 5.32 Å². The van der Waals surface area contributed by atoms with Gasteiger partial charge in [-0.2, -0.15) is 0 Å². The highest BCUT2D eigenvalue weighted by Crippen LogP contribution is 2.26. The fourth-order valence-corrected chi connectivity index (χ4v) is 4.04. The van der Waals surface area contributed by atoms with Gasteiger partial charge in [-0.15, -0.1) is 0 Å². The third-order valence-electron chi connectivity index (χ3n) is 5.51. The van der Waals surface area contributed by atoms with Gasteiger partial charge in [-0.3, -0.25) is 14.4 Å². The molecule has 1 aliphatic heterocycles. The van der Waals surface area contributed by atoms with Crippen LogP contribution in [-0.4, -0.2) is 46.6 Å². The number of nitrogens with zero attached hydrogens (tertiary/aromatic N) is 1. The molecule has 2 aliphatic rings. The maximum atomic E-state index is 12.7. The van der Waals surface area contributed by atoms with Crippen molar-refractivity contribution in [3.05, 3.63) is 46.7 Å². The van der Waals surface area contributed by atoms with Gasteiger partial charge in [0.1, 0.15) is 5.69 Å². The zero-order valence-electron chi connectivity index (χ0n) is 15.3. The summed E-state index contributed by atoms with van der Waals surface area (Å²) in [5, 5.41) is 3.05. The minimum absolute atomic E-state index is 0.00795. The number of nitrogens with one attached hydrogen (secondary N) is 2. The summed E-state index contributed by atoms with van der Waals surface area (Å²) in [5.74, 6) is 0.172. The number of aromatic amines is 1. The highest BCUT2D eigenvalue weighted by molar-refractivity contribution is 6.04. The van der Waals surface area contributed by atoms with Crippen LogP contribution in [0, 0.1) is 6.92 Å². The standard InChI is InChI=1S/C20H23N3O4/c1-12-17-14(4-2-5-15(17)24)22-18(12)19(25)21-13-7-9-23(10-8-13)20(26)16-6-3-11-27-16/h3,6,11,13,22H,2,4-5,7-10H2,1H3,(H,21,25). The van der Waals surface area contributed by atoms with Crippen molar-refractivity contribution in [1.82, 2.24) is 15.2 Å². The predicted octanol–water partition coefficient (Wildman–Crippen LogP) is 2.47. The molecule has 7 heteroatoms. The summed E-state index contributed by atoms with van der Waals surface area (Å²) in [6.07, 6.45) is 5.06. The molecule has 2 aromatic rings. The van der Waals surface area contributed by atoms with E-state index in [9.17, 15) is 14.4 Å². The first-order valence-electron chi connectivity index (χ1n) is 9.43. The lowest BCUT2D eigenvalue weighted by atomic mass is 9.93. The van der Waals surface area contributed by atoms with Gasteiger partial charge in [0, 0.05) is 36.8 Å². The maximum absolute atomic E-state index is 12.7. The third kappa shape index (κ3) is 3.29. The van der Waals surface area contributed by atoms with E-state index in [1.54, 1.807) is 17.0 Å². The molecular weight excluding hydrogens is 346 g/mol. The molecule has 0 spiro atoms. The second kappa shape index (κ2) is 7.06. The predicted molar refractivity (Wildman–Crippen MR) is 97.9 cm³/mol. The smallest absolute Gasteiger partial charge is 0.289 e. The number of hydrogen-bond donors (Lipinski definition) is 2. The largest absolute Gasteiger partial charge is 0.459 e. The molecule has 1 fully saturated rings. The summed E-state index contributed by atoms with van der Waals surface area (Å²) in [4.78, 5) is 42.1. The van der Waals surface area contributed by atoms with Crippen molar-refractivity contribution in [2.24, 2.45) is 0 Å². The number of aromatic nitrogens is 1. The van der Waals surface area contributed by atoms with Gasteiger partial charge in [0.15, 0.2) is 11.5 Å². The molecule has 1 aliphatic carbocycles. The lowest BCUT2D eigenvalue weighted by Crippen LogP contribution is -2.46. The Hall–Kier alpha value is -2.83. The zero-order valence-corrected chi connectivity index (χ0v) is 15.3. The minimum Gasteiger partial charge on any atom is -0.459 e. The molecule has 27 heavy (non-hydrogen) atoms. The number of fused-ring (bicyclic) bond motifs is 1. The van der Waals surface area contributed by atoms with Gasteiger partial charge >= 0.3 is 0 Å². The lowest BCUT2D eigenvalue weighted by Gasteiger charge is -2.31. The van der Waals surface area contributed by atoms with Crippen molar-refractivity contribution in [2.45, 2.75) is 45.1 Å². The van der Waals surface area contributed by atoms with Crippen molar-refractivity contribution in [3.8, 4) is 0 Å². The summed E-state index contributed by atoms with van der Waals surface area (Å²) in [7, 11) is 0. The molecule has 0 atom stereocenters. The second-order valence-corrected chi connectivity index (χ2v) is 7.27. The summed E-state index contributed by atoms with van der Waals surface area (Å²) >= 11 is 0. The van der Waals surface area contributed by atoms with Gasteiger partial charge in [-0.05, 0) is 50.3 Å². The fourth-order valence-electron chi connectivity index (χ4n) is 4.04. The monoisotopic (exact) mass is 369 g/mol. The van der Waals surface area contributed by atoms with E-state index in [4.69, 9.17) is 4.42 Å². The Kier molecular flexibility index (Phi) is 4.59. The molecule has 4 rings (SSSR count). The molecule has 142 valence electrons. The SMILES string of the molecule is Cc1c(C(=O)NC2CCN(C(=O)c3ccco3)CC2)[nH]c2c1C(=O)CCC2. The summed E-state index contributed by atoms with van der Waals surface area (Å²) in [6.45, 7) is 2.98. The van der Waals surface area contributed by atoms with Gasteiger partial charge in [-0.25, -0.2) is 0 Å². The number of amides is 2. The minimum atomic E-state index is -0.175. The third-order valence-corrected chi connectivity index (χ3v) is 5.51. The summed E-state index contributed by atoms with van der Waals surface area (Å²) < 4.78 is 5.17. The van der Waals surface area contributed by atoms with Crippen LogP contribution in [0.25, 0.3) is 0 Å². The van der Waals surface area contributed by atoms with Crippen LogP contribution in [0.1, 0.15) is 68.3 Å². The molecule has 0 saturated carbocycles. The molecule has 7 nitrogen and oxygen atoms in total. The summed E-state index contributed by atoms with van der Waals surface area (Å²) in [6, 6.07) is 3.37. The number of Topliss-reactive ketones (excluding diaryl/α,β-unsaturated/α-hetero) is 1. The van der Waals surface area contributed by atoms with Crippen molar-refractivity contribution in [3.63, 3.8) is 0 Å². The Balaban J connectivity index is 1.38. The first kappa shape index (κ1) is 17.6. The molecule has 3 heterocycles. The van der Waals surface area contributed by atoms with Crippen molar-refractivity contribution < 1.29 is 18.8 Å². The Bertz CT molecular complexity index is 873. The number of ketones is 1. The van der Waals surface area contributed by atoms with Crippen LogP contribution in [0.4, 0.5) is 0 Å². The summed E-state index contributed by atoms with van der Waals surface area (Å²) in [5.41, 5.74) is 2.82. The highest BCUT2D eigenvalue weighted by atomic mass is 16.3. The van der Waals surface area contributed by atoms with Crippen LogP contribution in [0.15, 0.2) is 22.8 Å². The number of carbonyl (C=O) groups excluding carboxylic acids is 3. The Morgan fingerprint density at radius 1 is 1.26 bits per heavy atom. The van der Waals surface area contributed by atoms with Crippen LogP contribution in [-0.2, 0) is 6.42 Å². The number of hydrogen-bond acceptors (Lipinski definition) is 4. The zero-order chi connectivity index (χ0) is 19.0. The molecule has 0 unspecified atom stereocenters. The highest BCUT2D eigenvalue weighted by Gasteiger charge is 2.29. The molecule has 2 amide bonds. The van der Waals surface area contributed by atoms with Gasteiger partial charge < -0.3 is 19.6 Å². The van der Waals surface area contributed by atoms with Crippen LogP contribution in [0.5, 0.6) is 0 Å². The maximum Gasteiger partial charge on any atom is 0.289 e. The van der Waals surface area contributed by atoms with Gasteiger partial charge in [0.2, 0.25) is 0 Å². The van der Waals surface area contributed by atoms with E-state index in [0.29, 0.717) is 49.4 Å². The molecule has 0 radical (unpaired) electrons. The fraction of sp³-hybridized carbons (Fsp3) is 0.450. The average molecular weight is 369 g/mol. The van der Waals surface area contributed by atoms with E-state index < -0.39 is 0 Å². The van der Waals surface area contributed by atoms with Crippen molar-refractivity contribution in [1.29, 1.82) is 0 Å². The number of piperidine rings is 1. The molecule has 2 N–H and O–H groups in total. The van der Waals surface area contributed by atoms with Crippen molar-refractivity contribution in [2.75, 3.05) is 13.1 Å². The van der Waals surface area contributed by atoms with Gasteiger partial charge in [0.25, 0.3) is 11.8 Å². The van der Waals surface area contributed by atoms with E-state index in [2.05, 4.69) is 10.3 Å². The van der Waals surface area contributed by atoms with E-state index >= 15 is 0 Å². The normalized spacial score (nSPS) is 17.7. The number of rotatable bonds is 3. The Morgan fingerprint density at radius 2 is 2.04 bits per heavy atom. The van der Waals surface area contributed by atoms with Crippen LogP contribution >= 0.6 is 0 Å². The van der Waals surface area contributed by atoms with Gasteiger partial charge in [-0.1, -0.05) is 0 Å². The first-order chi connectivity index (χ1) is 13.0. The van der Waals surface area contributed by atoms with Gasteiger partial charge in [0.05, 0.1) is 6.26 Å². The lowest BCUT2D eigenvalue weighted by molar-refractivity contribution is 0.0666.